The summed E-state index contributed by atoms with van der Waals surface area (Å²) in [5.41, 5.74) is -0.875. The second kappa shape index (κ2) is 10.6. The van der Waals surface area contributed by atoms with E-state index in [9.17, 15) is 9.90 Å². The molecule has 1 amide bonds. The zero-order valence-corrected chi connectivity index (χ0v) is 14.4. The van der Waals surface area contributed by atoms with Crippen LogP contribution in [-0.4, -0.2) is 22.7 Å². The van der Waals surface area contributed by atoms with Gasteiger partial charge in [0.1, 0.15) is 0 Å². The number of amides is 1. The molecule has 1 unspecified atom stereocenters. The summed E-state index contributed by atoms with van der Waals surface area (Å²) in [7, 11) is 0. The Hall–Kier alpha value is -1.09. The Morgan fingerprint density at radius 2 is 1.90 bits per heavy atom. The highest BCUT2D eigenvalue weighted by Gasteiger charge is 2.37. The molecule has 21 heavy (non-hydrogen) atoms. The molecule has 0 radical (unpaired) electrons. The maximum Gasteiger partial charge on any atom is 0.220 e. The van der Waals surface area contributed by atoms with Gasteiger partial charge in [-0.3, -0.25) is 4.79 Å². The van der Waals surface area contributed by atoms with E-state index in [-0.39, 0.29) is 17.9 Å². The summed E-state index contributed by atoms with van der Waals surface area (Å²) in [4.78, 5) is 11.7. The van der Waals surface area contributed by atoms with E-state index in [1.807, 2.05) is 39.8 Å². The van der Waals surface area contributed by atoms with Gasteiger partial charge < -0.3 is 10.4 Å². The van der Waals surface area contributed by atoms with E-state index in [1.54, 1.807) is 0 Å². The van der Waals surface area contributed by atoms with Crippen LogP contribution >= 0.6 is 0 Å². The molecule has 0 rings (SSSR count). The van der Waals surface area contributed by atoms with Crippen molar-refractivity contribution in [1.29, 1.82) is 0 Å². The monoisotopic (exact) mass is 295 g/mol. The second-order valence-electron chi connectivity index (χ2n) is 5.98. The molecule has 0 saturated carbocycles. The lowest BCUT2D eigenvalue weighted by Crippen LogP contribution is -2.55. The average molecular weight is 295 g/mol. The standard InChI is InChI=1S/C18H33NO2/c1-6-9-10-11-12-14-18(21,13-7-2)17(15(4)5)19-16(20)8-3/h6,9,11-12,15,17,21H,7-8,10,13-14H2,1-5H3,(H,19,20)/b9-6-,12-11-/t17-,18?/m0/s1. The van der Waals surface area contributed by atoms with Gasteiger partial charge in [-0.1, -0.05) is 58.4 Å². The average Bonchev–Trinajstić information content (AvgIpc) is 2.44. The fourth-order valence-electron chi connectivity index (χ4n) is 2.61. The molecule has 0 aromatic carbocycles. The van der Waals surface area contributed by atoms with Crippen molar-refractivity contribution in [3.05, 3.63) is 24.3 Å². The first-order valence-electron chi connectivity index (χ1n) is 8.19. The van der Waals surface area contributed by atoms with Crippen LogP contribution in [0, 0.1) is 5.92 Å². The van der Waals surface area contributed by atoms with E-state index < -0.39 is 5.60 Å². The molecule has 0 aromatic heterocycles. The van der Waals surface area contributed by atoms with Crippen LogP contribution in [0.3, 0.4) is 0 Å². The third kappa shape index (κ3) is 7.47. The molecule has 2 N–H and O–H groups in total. The number of nitrogens with one attached hydrogen (secondary N) is 1. The van der Waals surface area contributed by atoms with Crippen molar-refractivity contribution in [3.8, 4) is 0 Å². The minimum Gasteiger partial charge on any atom is -0.387 e. The molecule has 0 saturated heterocycles. The van der Waals surface area contributed by atoms with Crippen LogP contribution in [0.1, 0.15) is 66.7 Å². The highest BCUT2D eigenvalue weighted by molar-refractivity contribution is 5.76. The Labute approximate surface area is 130 Å². The normalized spacial score (nSPS) is 16.5. The SMILES string of the molecule is C/C=C\C/C=C\CC(O)(CCC)[C@@H](NC(=O)CC)C(C)C. The molecule has 0 bridgehead atoms. The van der Waals surface area contributed by atoms with Crippen molar-refractivity contribution >= 4 is 5.91 Å². The Balaban J connectivity index is 4.98. The third-order valence-corrected chi connectivity index (χ3v) is 3.71. The number of rotatable bonds is 10. The number of hydrogen-bond donors (Lipinski definition) is 2. The van der Waals surface area contributed by atoms with E-state index in [2.05, 4.69) is 24.4 Å². The van der Waals surface area contributed by atoms with E-state index in [0.717, 1.165) is 12.8 Å². The summed E-state index contributed by atoms with van der Waals surface area (Å²) < 4.78 is 0. The highest BCUT2D eigenvalue weighted by Crippen LogP contribution is 2.27. The Kier molecular flexibility index (Phi) is 10.1. The minimum absolute atomic E-state index is 0.00104. The van der Waals surface area contributed by atoms with Gasteiger partial charge in [0, 0.05) is 6.42 Å². The molecular weight excluding hydrogens is 262 g/mol. The topological polar surface area (TPSA) is 49.3 Å². The molecule has 0 spiro atoms. The molecular formula is C18H33NO2. The van der Waals surface area contributed by atoms with Crippen molar-refractivity contribution in [2.24, 2.45) is 5.92 Å². The molecule has 2 atom stereocenters. The van der Waals surface area contributed by atoms with E-state index in [4.69, 9.17) is 0 Å². The van der Waals surface area contributed by atoms with Gasteiger partial charge in [-0.05, 0) is 32.1 Å². The molecule has 3 heteroatoms. The second-order valence-corrected chi connectivity index (χ2v) is 5.98. The number of carbonyl (C=O) groups is 1. The predicted octanol–water partition coefficient (Wildman–Crippen LogP) is 3.98. The Bertz CT molecular complexity index is 347. The predicted molar refractivity (Wildman–Crippen MR) is 90.1 cm³/mol. The molecule has 3 nitrogen and oxygen atoms in total. The van der Waals surface area contributed by atoms with Crippen LogP contribution in [0.15, 0.2) is 24.3 Å². The van der Waals surface area contributed by atoms with Crippen LogP contribution in [0.25, 0.3) is 0 Å². The third-order valence-electron chi connectivity index (χ3n) is 3.71. The van der Waals surface area contributed by atoms with Gasteiger partial charge >= 0.3 is 0 Å². The molecule has 0 aliphatic heterocycles. The van der Waals surface area contributed by atoms with Gasteiger partial charge in [-0.2, -0.15) is 0 Å². The lowest BCUT2D eigenvalue weighted by atomic mass is 9.80. The zero-order chi connectivity index (χ0) is 16.3. The number of aliphatic hydroxyl groups is 1. The highest BCUT2D eigenvalue weighted by atomic mass is 16.3. The fraction of sp³-hybridized carbons (Fsp3) is 0.722. The van der Waals surface area contributed by atoms with E-state index in [0.29, 0.717) is 19.3 Å². The largest absolute Gasteiger partial charge is 0.387 e. The van der Waals surface area contributed by atoms with Gasteiger partial charge in [0.25, 0.3) is 0 Å². The maximum atomic E-state index is 11.7. The van der Waals surface area contributed by atoms with Crippen molar-refractivity contribution in [3.63, 3.8) is 0 Å². The Morgan fingerprint density at radius 3 is 2.38 bits per heavy atom. The van der Waals surface area contributed by atoms with Crippen molar-refractivity contribution in [2.75, 3.05) is 0 Å². The van der Waals surface area contributed by atoms with Gasteiger partial charge in [0.05, 0.1) is 11.6 Å². The van der Waals surface area contributed by atoms with Crippen LogP contribution < -0.4 is 5.32 Å². The Morgan fingerprint density at radius 1 is 1.24 bits per heavy atom. The quantitative estimate of drug-likeness (QED) is 0.599. The molecule has 0 aliphatic rings. The summed E-state index contributed by atoms with van der Waals surface area (Å²) in [5, 5.41) is 14.1. The van der Waals surface area contributed by atoms with Crippen LogP contribution in [-0.2, 0) is 4.79 Å². The summed E-state index contributed by atoms with van der Waals surface area (Å²) in [6.45, 7) is 9.99. The lowest BCUT2D eigenvalue weighted by Gasteiger charge is -2.38. The van der Waals surface area contributed by atoms with Crippen molar-refractivity contribution in [1.82, 2.24) is 5.32 Å². The molecule has 0 fully saturated rings. The van der Waals surface area contributed by atoms with Gasteiger partial charge in [-0.15, -0.1) is 0 Å². The summed E-state index contributed by atoms with van der Waals surface area (Å²) in [6, 6.07) is -0.212. The lowest BCUT2D eigenvalue weighted by molar-refractivity contribution is -0.125. The first kappa shape index (κ1) is 19.9. The van der Waals surface area contributed by atoms with Crippen LogP contribution in [0.4, 0.5) is 0 Å². The fourth-order valence-corrected chi connectivity index (χ4v) is 2.61. The van der Waals surface area contributed by atoms with Crippen LogP contribution in [0.2, 0.25) is 0 Å². The number of hydrogen-bond acceptors (Lipinski definition) is 2. The summed E-state index contributed by atoms with van der Waals surface area (Å²) in [5.74, 6) is 0.196. The molecule has 0 aliphatic carbocycles. The van der Waals surface area contributed by atoms with E-state index in [1.165, 1.54) is 0 Å². The number of allylic oxidation sites excluding steroid dienone is 3. The van der Waals surface area contributed by atoms with Gasteiger partial charge in [-0.25, -0.2) is 0 Å². The number of carbonyl (C=O) groups excluding carboxylic acids is 1. The summed E-state index contributed by atoms with van der Waals surface area (Å²) >= 11 is 0. The van der Waals surface area contributed by atoms with Crippen LogP contribution in [0.5, 0.6) is 0 Å². The van der Waals surface area contributed by atoms with E-state index >= 15 is 0 Å². The molecule has 0 aromatic rings. The summed E-state index contributed by atoms with van der Waals surface area (Å²) in [6.07, 6.45) is 11.7. The molecule has 122 valence electrons. The van der Waals surface area contributed by atoms with Crippen molar-refractivity contribution < 1.29 is 9.90 Å². The smallest absolute Gasteiger partial charge is 0.220 e. The van der Waals surface area contributed by atoms with Crippen molar-refractivity contribution in [2.45, 2.75) is 78.4 Å². The minimum atomic E-state index is -0.875. The van der Waals surface area contributed by atoms with Gasteiger partial charge in [0.2, 0.25) is 5.91 Å². The van der Waals surface area contributed by atoms with Gasteiger partial charge in [0.15, 0.2) is 0 Å². The first-order valence-corrected chi connectivity index (χ1v) is 8.19. The molecule has 0 heterocycles. The zero-order valence-electron chi connectivity index (χ0n) is 14.4. The maximum absolute atomic E-state index is 11.7. The first-order chi connectivity index (χ1) is 9.91.